The SMILES string of the molecule is Cc1ccc([N+](=O)[O-])c(OC(=O)c2cccc(F)c2)c1. The molecule has 0 heterocycles. The smallest absolute Gasteiger partial charge is 0.343 e. The minimum atomic E-state index is -0.849. The van der Waals surface area contributed by atoms with Crippen LogP contribution in [0.25, 0.3) is 0 Å². The molecule has 0 N–H and O–H groups in total. The molecule has 0 bridgehead atoms. The van der Waals surface area contributed by atoms with Crippen LogP contribution < -0.4 is 4.74 Å². The minimum absolute atomic E-state index is 0.0131. The number of nitro benzene ring substituents is 1. The van der Waals surface area contributed by atoms with E-state index in [1.165, 1.54) is 36.4 Å². The highest BCUT2D eigenvalue weighted by Gasteiger charge is 2.19. The first-order valence-corrected chi connectivity index (χ1v) is 5.70. The summed E-state index contributed by atoms with van der Waals surface area (Å²) in [6.45, 7) is 1.71. The number of benzene rings is 2. The Hall–Kier alpha value is -2.76. The predicted molar refractivity (Wildman–Crippen MR) is 69.2 cm³/mol. The molecule has 0 aliphatic heterocycles. The van der Waals surface area contributed by atoms with Crippen LogP contribution in [0.2, 0.25) is 0 Å². The van der Waals surface area contributed by atoms with Crippen LogP contribution in [0.5, 0.6) is 5.75 Å². The van der Waals surface area contributed by atoms with Crippen molar-refractivity contribution in [1.29, 1.82) is 0 Å². The lowest BCUT2D eigenvalue weighted by Gasteiger charge is -2.06. The minimum Gasteiger partial charge on any atom is -0.416 e. The van der Waals surface area contributed by atoms with Crippen LogP contribution in [-0.4, -0.2) is 10.9 Å². The van der Waals surface area contributed by atoms with Gasteiger partial charge in [0, 0.05) is 6.07 Å². The van der Waals surface area contributed by atoms with Gasteiger partial charge in [-0.05, 0) is 36.8 Å². The van der Waals surface area contributed by atoms with Crippen LogP contribution in [0.1, 0.15) is 15.9 Å². The van der Waals surface area contributed by atoms with E-state index in [4.69, 9.17) is 4.74 Å². The summed E-state index contributed by atoms with van der Waals surface area (Å²) in [4.78, 5) is 22.1. The highest BCUT2D eigenvalue weighted by molar-refractivity contribution is 5.91. The number of rotatable bonds is 3. The fraction of sp³-hybridized carbons (Fsp3) is 0.0714. The highest BCUT2D eigenvalue weighted by Crippen LogP contribution is 2.28. The van der Waals surface area contributed by atoms with Gasteiger partial charge in [-0.3, -0.25) is 10.1 Å². The number of aryl methyl sites for hydroxylation is 1. The summed E-state index contributed by atoms with van der Waals surface area (Å²) in [5.41, 5.74) is 0.374. The van der Waals surface area contributed by atoms with E-state index in [1.54, 1.807) is 6.92 Å². The molecule has 0 spiro atoms. The van der Waals surface area contributed by atoms with Gasteiger partial charge in [0.2, 0.25) is 5.75 Å². The van der Waals surface area contributed by atoms with E-state index in [1.807, 2.05) is 0 Å². The van der Waals surface area contributed by atoms with Crippen molar-refractivity contribution in [3.8, 4) is 5.75 Å². The van der Waals surface area contributed by atoms with E-state index in [9.17, 15) is 19.3 Å². The second-order valence-corrected chi connectivity index (χ2v) is 4.13. The molecule has 0 atom stereocenters. The molecule has 0 saturated carbocycles. The highest BCUT2D eigenvalue weighted by atomic mass is 19.1. The largest absolute Gasteiger partial charge is 0.416 e. The molecule has 2 aromatic carbocycles. The Kier molecular flexibility index (Phi) is 3.74. The predicted octanol–water partition coefficient (Wildman–Crippen LogP) is 3.26. The van der Waals surface area contributed by atoms with Crippen LogP contribution in [0, 0.1) is 22.9 Å². The van der Waals surface area contributed by atoms with Crippen LogP contribution >= 0.6 is 0 Å². The molecule has 0 saturated heterocycles. The van der Waals surface area contributed by atoms with Crippen LogP contribution in [0.15, 0.2) is 42.5 Å². The molecule has 102 valence electrons. The summed E-state index contributed by atoms with van der Waals surface area (Å²) in [5, 5.41) is 10.9. The summed E-state index contributed by atoms with van der Waals surface area (Å²) < 4.78 is 18.0. The Balaban J connectivity index is 2.32. The molecule has 6 heteroatoms. The first-order valence-electron chi connectivity index (χ1n) is 5.70. The molecule has 5 nitrogen and oxygen atoms in total. The van der Waals surface area contributed by atoms with E-state index < -0.39 is 16.7 Å². The fourth-order valence-corrected chi connectivity index (χ4v) is 1.63. The van der Waals surface area contributed by atoms with Gasteiger partial charge in [-0.25, -0.2) is 9.18 Å². The van der Waals surface area contributed by atoms with Crippen molar-refractivity contribution in [2.45, 2.75) is 6.92 Å². The molecular weight excluding hydrogens is 265 g/mol. The molecule has 0 fully saturated rings. The van der Waals surface area contributed by atoms with Gasteiger partial charge >= 0.3 is 11.7 Å². The third kappa shape index (κ3) is 2.97. The van der Waals surface area contributed by atoms with Gasteiger partial charge in [0.15, 0.2) is 0 Å². The average Bonchev–Trinajstić information content (AvgIpc) is 2.38. The van der Waals surface area contributed by atoms with Crippen LogP contribution in [0.4, 0.5) is 10.1 Å². The first-order chi connectivity index (χ1) is 9.47. The van der Waals surface area contributed by atoms with Crippen LogP contribution in [-0.2, 0) is 0 Å². The summed E-state index contributed by atoms with van der Waals surface area (Å²) >= 11 is 0. The number of hydrogen-bond donors (Lipinski definition) is 0. The molecule has 20 heavy (non-hydrogen) atoms. The molecule has 0 aromatic heterocycles. The van der Waals surface area contributed by atoms with E-state index in [0.717, 1.165) is 6.07 Å². The van der Waals surface area contributed by atoms with Crippen molar-refractivity contribution in [2.24, 2.45) is 0 Å². The van der Waals surface area contributed by atoms with Gasteiger partial charge < -0.3 is 4.74 Å². The Bertz CT molecular complexity index is 685. The summed E-state index contributed by atoms with van der Waals surface area (Å²) in [6, 6.07) is 9.09. The Labute approximate surface area is 113 Å². The van der Waals surface area contributed by atoms with E-state index in [0.29, 0.717) is 5.56 Å². The Morgan fingerprint density at radius 2 is 2.00 bits per heavy atom. The van der Waals surface area contributed by atoms with Gasteiger partial charge in [-0.2, -0.15) is 0 Å². The summed E-state index contributed by atoms with van der Waals surface area (Å²) in [6.07, 6.45) is 0. The molecule has 2 aromatic rings. The number of ether oxygens (including phenoxy) is 1. The molecule has 0 unspecified atom stereocenters. The third-order valence-electron chi connectivity index (χ3n) is 2.57. The summed E-state index contributed by atoms with van der Waals surface area (Å²) in [7, 11) is 0. The molecule has 0 aliphatic carbocycles. The topological polar surface area (TPSA) is 69.4 Å². The number of carbonyl (C=O) groups is 1. The van der Waals surface area contributed by atoms with Crippen molar-refractivity contribution >= 4 is 11.7 Å². The quantitative estimate of drug-likeness (QED) is 0.373. The lowest BCUT2D eigenvalue weighted by molar-refractivity contribution is -0.385. The fourth-order valence-electron chi connectivity index (χ4n) is 1.63. The lowest BCUT2D eigenvalue weighted by atomic mass is 10.2. The van der Waals surface area contributed by atoms with E-state index >= 15 is 0 Å². The standard InChI is InChI=1S/C14H10FNO4/c1-9-5-6-12(16(18)19)13(7-9)20-14(17)10-3-2-4-11(15)8-10/h2-8H,1H3. The van der Waals surface area contributed by atoms with Crippen molar-refractivity contribution in [2.75, 3.05) is 0 Å². The van der Waals surface area contributed by atoms with Gasteiger partial charge in [0.25, 0.3) is 0 Å². The molecule has 2 rings (SSSR count). The van der Waals surface area contributed by atoms with Gasteiger partial charge in [-0.1, -0.05) is 12.1 Å². The summed E-state index contributed by atoms with van der Waals surface area (Å²) in [5.74, 6) is -1.60. The Morgan fingerprint density at radius 3 is 2.65 bits per heavy atom. The monoisotopic (exact) mass is 275 g/mol. The number of nitro groups is 1. The normalized spacial score (nSPS) is 10.1. The van der Waals surface area contributed by atoms with Gasteiger partial charge in [-0.15, -0.1) is 0 Å². The third-order valence-corrected chi connectivity index (χ3v) is 2.57. The Morgan fingerprint density at radius 1 is 1.25 bits per heavy atom. The molecular formula is C14H10FNO4. The maximum Gasteiger partial charge on any atom is 0.343 e. The maximum atomic E-state index is 13.0. The van der Waals surface area contributed by atoms with Crippen LogP contribution in [0.3, 0.4) is 0 Å². The zero-order chi connectivity index (χ0) is 14.7. The van der Waals surface area contributed by atoms with Crippen molar-refractivity contribution < 1.29 is 18.8 Å². The van der Waals surface area contributed by atoms with Crippen molar-refractivity contribution in [3.63, 3.8) is 0 Å². The van der Waals surface area contributed by atoms with E-state index in [2.05, 4.69) is 0 Å². The zero-order valence-electron chi connectivity index (χ0n) is 10.5. The number of esters is 1. The number of nitrogens with zero attached hydrogens (tertiary/aromatic N) is 1. The molecule has 0 aliphatic rings. The van der Waals surface area contributed by atoms with Crippen molar-refractivity contribution in [1.82, 2.24) is 0 Å². The molecule has 0 radical (unpaired) electrons. The number of hydrogen-bond acceptors (Lipinski definition) is 4. The number of carbonyl (C=O) groups excluding carboxylic acids is 1. The number of halogens is 1. The van der Waals surface area contributed by atoms with Crippen molar-refractivity contribution in [3.05, 3.63) is 69.5 Å². The van der Waals surface area contributed by atoms with Gasteiger partial charge in [0.1, 0.15) is 5.82 Å². The molecule has 0 amide bonds. The van der Waals surface area contributed by atoms with Gasteiger partial charge in [0.05, 0.1) is 10.5 Å². The second-order valence-electron chi connectivity index (χ2n) is 4.13. The lowest BCUT2D eigenvalue weighted by Crippen LogP contribution is -2.10. The first kappa shape index (κ1) is 13.7. The maximum absolute atomic E-state index is 13.0. The zero-order valence-corrected chi connectivity index (χ0v) is 10.5. The van der Waals surface area contributed by atoms with E-state index in [-0.39, 0.29) is 17.0 Å². The second kappa shape index (κ2) is 5.48. The average molecular weight is 275 g/mol.